The fourth-order valence-corrected chi connectivity index (χ4v) is 14.5. The lowest BCUT2D eigenvalue weighted by Gasteiger charge is -2.30. The van der Waals surface area contributed by atoms with E-state index in [4.69, 9.17) is 18.8 Å². The van der Waals surface area contributed by atoms with Crippen LogP contribution in [0.3, 0.4) is 0 Å². The van der Waals surface area contributed by atoms with Crippen molar-refractivity contribution in [1.82, 2.24) is 9.97 Å². The molecule has 6 nitrogen and oxygen atoms in total. The molecule has 17 rings (SSSR count). The zero-order valence-corrected chi connectivity index (χ0v) is 48.2. The second kappa shape index (κ2) is 17.9. The van der Waals surface area contributed by atoms with Gasteiger partial charge in [0.25, 0.3) is 0 Å². The van der Waals surface area contributed by atoms with Crippen LogP contribution in [0.1, 0.15) is 74.9 Å². The molecule has 0 N–H and O–H groups in total. The van der Waals surface area contributed by atoms with Crippen LogP contribution < -0.4 is 9.80 Å². The number of hydrogen-bond donors (Lipinski definition) is 0. The lowest BCUT2D eigenvalue weighted by molar-refractivity contribution is 0.619. The maximum absolute atomic E-state index is 6.28. The van der Waals surface area contributed by atoms with Gasteiger partial charge in [0.1, 0.15) is 11.0 Å². The number of fused-ring (bicyclic) bond motifs is 13. The van der Waals surface area contributed by atoms with Crippen molar-refractivity contribution in [3.63, 3.8) is 0 Å². The molecule has 0 unspecified atom stereocenters. The summed E-state index contributed by atoms with van der Waals surface area (Å²) in [6.07, 6.45) is 0. The molecule has 2 aromatic heterocycles. The Morgan fingerprint density at radius 3 is 0.894 bits per heavy atom. The molecule has 0 atom stereocenters. The van der Waals surface area contributed by atoms with E-state index < -0.39 is 0 Å². The fraction of sp³-hybridized carbons (Fsp3) is 0.114. The topological polar surface area (TPSA) is 58.5 Å². The fourth-order valence-electron chi connectivity index (χ4n) is 14.5. The van der Waals surface area contributed by atoms with E-state index in [1.54, 1.807) is 0 Å². The minimum Gasteiger partial charge on any atom is -0.436 e. The standard InChI is InChI=1S/C79H58N4O2/c1-77(2)65-41-51-17-9-7-15-49(51)39-63(65)61-37-33-57(45-69(61)77)82(53-27-23-47(24-28-53)75-80-71-19-11-13-21-73(71)84-75)55-31-35-59-60-36-32-56(44-68(60)79(5,6)67(59)43-55)83(54-29-25-48(26-30-54)76-81-72-20-12-14-22-74(72)85-76)58-34-38-62-64-40-50-16-8-10-18-52(50)42-66(64)78(3,4)70(62)46-58/h7-46H,1-6H3. The Labute approximate surface area is 493 Å². The van der Waals surface area contributed by atoms with Crippen molar-refractivity contribution in [1.29, 1.82) is 0 Å². The highest BCUT2D eigenvalue weighted by molar-refractivity contribution is 5.97. The van der Waals surface area contributed by atoms with E-state index in [0.717, 1.165) is 67.5 Å². The second-order valence-corrected chi connectivity index (χ2v) is 25.0. The van der Waals surface area contributed by atoms with Gasteiger partial charge in [-0.05, 0) is 234 Å². The lowest BCUT2D eigenvalue weighted by Crippen LogP contribution is -2.19. The molecule has 0 radical (unpaired) electrons. The van der Waals surface area contributed by atoms with Crippen LogP contribution in [-0.2, 0) is 16.2 Å². The van der Waals surface area contributed by atoms with Gasteiger partial charge < -0.3 is 18.6 Å². The molecule has 0 amide bonds. The molecule has 0 bridgehead atoms. The van der Waals surface area contributed by atoms with E-state index in [1.165, 1.54) is 88.3 Å². The second-order valence-electron chi connectivity index (χ2n) is 25.0. The van der Waals surface area contributed by atoms with Gasteiger partial charge in [0.2, 0.25) is 11.8 Å². The normalized spacial score (nSPS) is 14.5. The summed E-state index contributed by atoms with van der Waals surface area (Å²) in [5.41, 5.74) is 26.4. The summed E-state index contributed by atoms with van der Waals surface area (Å²) in [5.74, 6) is 1.21. The molecule has 6 heteroatoms. The van der Waals surface area contributed by atoms with Crippen molar-refractivity contribution in [3.8, 4) is 56.3 Å². The summed E-state index contributed by atoms with van der Waals surface area (Å²) in [5, 5.41) is 5.05. The van der Waals surface area contributed by atoms with Gasteiger partial charge in [-0.1, -0.05) is 139 Å². The molecule has 0 spiro atoms. The van der Waals surface area contributed by atoms with Crippen LogP contribution in [0.15, 0.2) is 251 Å². The van der Waals surface area contributed by atoms with Gasteiger partial charge in [-0.3, -0.25) is 0 Å². The highest BCUT2D eigenvalue weighted by Gasteiger charge is 2.40. The van der Waals surface area contributed by atoms with Crippen molar-refractivity contribution >= 4 is 77.9 Å². The summed E-state index contributed by atoms with van der Waals surface area (Å²) in [6, 6.07) is 88.7. The van der Waals surface area contributed by atoms with Crippen molar-refractivity contribution in [2.24, 2.45) is 0 Å². The van der Waals surface area contributed by atoms with Crippen LogP contribution in [0, 0.1) is 0 Å². The van der Waals surface area contributed by atoms with Gasteiger partial charge >= 0.3 is 0 Å². The number of rotatable bonds is 8. The molecule has 0 fully saturated rings. The summed E-state index contributed by atoms with van der Waals surface area (Å²) < 4.78 is 12.6. The Kier molecular flexibility index (Phi) is 10.4. The zero-order chi connectivity index (χ0) is 57.1. The number of benzene rings is 12. The first kappa shape index (κ1) is 49.3. The first-order valence-corrected chi connectivity index (χ1v) is 29.5. The van der Waals surface area contributed by atoms with Gasteiger partial charge in [-0.15, -0.1) is 0 Å². The maximum atomic E-state index is 6.28. The van der Waals surface area contributed by atoms with Crippen molar-refractivity contribution < 1.29 is 8.83 Å². The molecule has 0 aliphatic heterocycles. The number of oxazole rings is 2. The Bertz CT molecular complexity index is 4730. The molecule has 0 saturated heterocycles. The molecule has 3 aliphatic carbocycles. The largest absolute Gasteiger partial charge is 0.436 e. The van der Waals surface area contributed by atoms with Crippen LogP contribution in [0.2, 0.25) is 0 Å². The highest BCUT2D eigenvalue weighted by atomic mass is 16.4. The number of nitrogens with zero attached hydrogens (tertiary/aromatic N) is 4. The van der Waals surface area contributed by atoms with E-state index in [9.17, 15) is 0 Å². The summed E-state index contributed by atoms with van der Waals surface area (Å²) >= 11 is 0. The smallest absolute Gasteiger partial charge is 0.227 e. The maximum Gasteiger partial charge on any atom is 0.227 e. The summed E-state index contributed by atoms with van der Waals surface area (Å²) in [7, 11) is 0. The molecular formula is C79H58N4O2. The number of aromatic nitrogens is 2. The quantitative estimate of drug-likeness (QED) is 0.151. The molecule has 14 aromatic rings. The third-order valence-corrected chi connectivity index (χ3v) is 19.1. The van der Waals surface area contributed by atoms with E-state index in [-0.39, 0.29) is 16.2 Å². The van der Waals surface area contributed by atoms with Crippen LogP contribution in [0.5, 0.6) is 0 Å². The Morgan fingerprint density at radius 2 is 0.553 bits per heavy atom. The Morgan fingerprint density at radius 1 is 0.271 bits per heavy atom. The Hall–Kier alpha value is -10.3. The lowest BCUT2D eigenvalue weighted by atomic mass is 9.81. The number of para-hydroxylation sites is 4. The summed E-state index contributed by atoms with van der Waals surface area (Å²) in [6.45, 7) is 14.3. The minimum absolute atomic E-state index is 0.218. The predicted octanol–water partition coefficient (Wildman–Crippen LogP) is 21.5. The van der Waals surface area contributed by atoms with Crippen LogP contribution in [-0.4, -0.2) is 9.97 Å². The third-order valence-electron chi connectivity index (χ3n) is 19.1. The van der Waals surface area contributed by atoms with Crippen LogP contribution in [0.25, 0.3) is 100 Å². The van der Waals surface area contributed by atoms with Gasteiger partial charge in [-0.2, -0.15) is 0 Å². The molecule has 406 valence electrons. The van der Waals surface area contributed by atoms with E-state index in [1.807, 2.05) is 48.5 Å². The van der Waals surface area contributed by atoms with Gasteiger partial charge in [0.05, 0.1) is 0 Å². The average molecular weight is 1100 g/mol. The van der Waals surface area contributed by atoms with Crippen molar-refractivity contribution in [2.75, 3.05) is 9.80 Å². The summed E-state index contributed by atoms with van der Waals surface area (Å²) in [4.78, 5) is 14.6. The van der Waals surface area contributed by atoms with Gasteiger partial charge in [-0.25, -0.2) is 9.97 Å². The Balaban J connectivity index is 0.779. The molecule has 2 heterocycles. The first-order chi connectivity index (χ1) is 41.3. The van der Waals surface area contributed by atoms with Gasteiger partial charge in [0, 0.05) is 61.5 Å². The molecule has 12 aromatic carbocycles. The molecule has 85 heavy (non-hydrogen) atoms. The van der Waals surface area contributed by atoms with Crippen molar-refractivity contribution in [3.05, 3.63) is 276 Å². The minimum atomic E-state index is -0.366. The van der Waals surface area contributed by atoms with Crippen LogP contribution in [0.4, 0.5) is 34.1 Å². The molecular weight excluding hydrogens is 1040 g/mol. The molecule has 0 saturated carbocycles. The van der Waals surface area contributed by atoms with E-state index >= 15 is 0 Å². The first-order valence-electron chi connectivity index (χ1n) is 29.5. The van der Waals surface area contributed by atoms with E-state index in [2.05, 4.69) is 245 Å². The monoisotopic (exact) mass is 1090 g/mol. The number of hydrogen-bond acceptors (Lipinski definition) is 6. The zero-order valence-electron chi connectivity index (χ0n) is 48.2. The highest BCUT2D eigenvalue weighted by Crippen LogP contribution is 2.56. The van der Waals surface area contributed by atoms with Crippen molar-refractivity contribution in [2.45, 2.75) is 57.8 Å². The average Bonchev–Trinajstić information content (AvgIpc) is 1.75. The van der Waals surface area contributed by atoms with Gasteiger partial charge in [0.15, 0.2) is 11.2 Å². The SMILES string of the molecule is CC1(C)c2cc(N(c3ccc(-c4nc5ccccc5o4)cc3)c3ccc4c(c3)C(C)(C)c3cc5ccccc5cc3-4)ccc2-c2ccc(N(c3ccc(-c4nc5ccccc5o4)cc3)c3ccc4c(c3)C(C)(C)c3cc5ccccc5cc3-4)cc21. The number of anilines is 6. The van der Waals surface area contributed by atoms with Crippen LogP contribution >= 0.6 is 0 Å². The third kappa shape index (κ3) is 7.44. The van der Waals surface area contributed by atoms with E-state index in [0.29, 0.717) is 11.8 Å². The predicted molar refractivity (Wildman–Crippen MR) is 350 cm³/mol. The molecule has 3 aliphatic rings.